The molecule has 2 aromatic carbocycles. The number of rotatable bonds is 8. The molecule has 4 nitrogen and oxygen atoms in total. The highest BCUT2D eigenvalue weighted by atomic mass is 32.2. The Balaban J connectivity index is 1.49. The molecule has 0 atom stereocenters. The van der Waals surface area contributed by atoms with Gasteiger partial charge in [0.25, 0.3) is 0 Å². The van der Waals surface area contributed by atoms with Crippen molar-refractivity contribution in [1.29, 1.82) is 0 Å². The second kappa shape index (κ2) is 8.53. The van der Waals surface area contributed by atoms with Gasteiger partial charge in [-0.3, -0.25) is 0 Å². The quantitative estimate of drug-likeness (QED) is 0.639. The number of sulfonamides is 1. The van der Waals surface area contributed by atoms with Crippen LogP contribution in [0.1, 0.15) is 11.3 Å². The molecule has 26 heavy (non-hydrogen) atoms. The van der Waals surface area contributed by atoms with Crippen molar-refractivity contribution in [1.82, 2.24) is 9.71 Å². The highest BCUT2D eigenvalue weighted by Gasteiger charge is 2.11. The van der Waals surface area contributed by atoms with Gasteiger partial charge >= 0.3 is 0 Å². The summed E-state index contributed by atoms with van der Waals surface area (Å²) < 4.78 is 39.8. The third kappa shape index (κ3) is 5.45. The van der Waals surface area contributed by atoms with Crippen LogP contribution in [0.2, 0.25) is 0 Å². The zero-order valence-electron chi connectivity index (χ0n) is 14.1. The number of halogens is 1. The fraction of sp³-hybridized carbons (Fsp3) is 0.211. The monoisotopic (exact) mass is 390 g/mol. The van der Waals surface area contributed by atoms with E-state index in [-0.39, 0.29) is 11.6 Å². The van der Waals surface area contributed by atoms with Crippen molar-refractivity contribution in [2.75, 3.05) is 12.3 Å². The van der Waals surface area contributed by atoms with Gasteiger partial charge in [0.2, 0.25) is 10.0 Å². The molecule has 3 rings (SSSR count). The van der Waals surface area contributed by atoms with Gasteiger partial charge in [-0.25, -0.2) is 22.5 Å². The third-order valence-electron chi connectivity index (χ3n) is 3.85. The summed E-state index contributed by atoms with van der Waals surface area (Å²) in [5.74, 6) is -0.218. The first-order valence-corrected chi connectivity index (χ1v) is 10.8. The summed E-state index contributed by atoms with van der Waals surface area (Å²) in [4.78, 5) is 4.48. The van der Waals surface area contributed by atoms with Crippen LogP contribution in [0.4, 0.5) is 4.39 Å². The molecule has 3 aromatic rings. The SMILES string of the molecule is O=S(=O)(CCc1ccccc1)NCCc1csc(-c2ccc(F)cc2)n1. The van der Waals surface area contributed by atoms with Gasteiger partial charge in [0.1, 0.15) is 10.8 Å². The number of hydrogen-bond donors (Lipinski definition) is 1. The maximum Gasteiger partial charge on any atom is 0.211 e. The molecule has 0 radical (unpaired) electrons. The summed E-state index contributed by atoms with van der Waals surface area (Å²) in [6.45, 7) is 0.309. The highest BCUT2D eigenvalue weighted by molar-refractivity contribution is 7.89. The van der Waals surface area contributed by atoms with E-state index >= 15 is 0 Å². The maximum atomic E-state index is 13.0. The molecule has 1 heterocycles. The van der Waals surface area contributed by atoms with Crippen LogP contribution >= 0.6 is 11.3 Å². The molecule has 0 spiro atoms. The van der Waals surface area contributed by atoms with Gasteiger partial charge in [-0.1, -0.05) is 30.3 Å². The number of aryl methyl sites for hydroxylation is 1. The average molecular weight is 391 g/mol. The van der Waals surface area contributed by atoms with Crippen molar-refractivity contribution in [3.05, 3.63) is 77.1 Å². The fourth-order valence-electron chi connectivity index (χ4n) is 2.45. The molecule has 0 unspecified atom stereocenters. The van der Waals surface area contributed by atoms with E-state index in [2.05, 4.69) is 9.71 Å². The molecular weight excluding hydrogens is 371 g/mol. The molecule has 0 saturated heterocycles. The van der Waals surface area contributed by atoms with E-state index in [0.717, 1.165) is 21.8 Å². The number of nitrogens with one attached hydrogen (secondary N) is 1. The van der Waals surface area contributed by atoms with Crippen LogP contribution < -0.4 is 4.72 Å². The number of hydrogen-bond acceptors (Lipinski definition) is 4. The van der Waals surface area contributed by atoms with E-state index in [1.165, 1.54) is 23.5 Å². The van der Waals surface area contributed by atoms with Gasteiger partial charge in [-0.05, 0) is 36.2 Å². The van der Waals surface area contributed by atoms with Crippen molar-refractivity contribution in [2.24, 2.45) is 0 Å². The molecular formula is C19H19FN2O2S2. The van der Waals surface area contributed by atoms with Crippen LogP contribution in [0, 0.1) is 5.82 Å². The zero-order chi connectivity index (χ0) is 18.4. The highest BCUT2D eigenvalue weighted by Crippen LogP contribution is 2.23. The minimum atomic E-state index is -3.32. The van der Waals surface area contributed by atoms with Crippen molar-refractivity contribution in [3.63, 3.8) is 0 Å². The fourth-order valence-corrected chi connectivity index (χ4v) is 4.37. The van der Waals surface area contributed by atoms with Gasteiger partial charge in [0.05, 0.1) is 11.4 Å². The van der Waals surface area contributed by atoms with Gasteiger partial charge in [-0.15, -0.1) is 11.3 Å². The van der Waals surface area contributed by atoms with E-state index in [0.29, 0.717) is 19.4 Å². The first-order chi connectivity index (χ1) is 12.5. The number of benzene rings is 2. The third-order valence-corrected chi connectivity index (χ3v) is 6.17. The lowest BCUT2D eigenvalue weighted by Gasteiger charge is -2.06. The van der Waals surface area contributed by atoms with Crippen LogP contribution in [0.25, 0.3) is 10.6 Å². The van der Waals surface area contributed by atoms with Gasteiger partial charge in [-0.2, -0.15) is 0 Å². The summed E-state index contributed by atoms with van der Waals surface area (Å²) in [7, 11) is -3.32. The summed E-state index contributed by atoms with van der Waals surface area (Å²) in [6, 6.07) is 15.7. The minimum Gasteiger partial charge on any atom is -0.241 e. The van der Waals surface area contributed by atoms with Crippen molar-refractivity contribution < 1.29 is 12.8 Å². The Kier molecular flexibility index (Phi) is 6.13. The molecule has 7 heteroatoms. The van der Waals surface area contributed by atoms with E-state index < -0.39 is 10.0 Å². The second-order valence-electron chi connectivity index (χ2n) is 5.85. The van der Waals surface area contributed by atoms with Gasteiger partial charge in [0, 0.05) is 23.9 Å². The van der Waals surface area contributed by atoms with E-state index in [4.69, 9.17) is 0 Å². The number of thiazole rings is 1. The molecule has 0 aliphatic carbocycles. The summed E-state index contributed by atoms with van der Waals surface area (Å²) in [5.41, 5.74) is 2.67. The van der Waals surface area contributed by atoms with Crippen molar-refractivity contribution in [3.8, 4) is 10.6 Å². The zero-order valence-corrected chi connectivity index (χ0v) is 15.7. The molecule has 0 bridgehead atoms. The summed E-state index contributed by atoms with van der Waals surface area (Å²) >= 11 is 1.46. The number of nitrogens with zero attached hydrogens (tertiary/aromatic N) is 1. The molecule has 0 saturated carbocycles. The first kappa shape index (κ1) is 18.7. The van der Waals surface area contributed by atoms with Crippen LogP contribution in [0.5, 0.6) is 0 Å². The van der Waals surface area contributed by atoms with Crippen molar-refractivity contribution >= 4 is 21.4 Å². The van der Waals surface area contributed by atoms with Gasteiger partial charge < -0.3 is 0 Å². The molecule has 0 amide bonds. The largest absolute Gasteiger partial charge is 0.241 e. The lowest BCUT2D eigenvalue weighted by molar-refractivity contribution is 0.580. The normalized spacial score (nSPS) is 11.6. The van der Waals surface area contributed by atoms with Crippen LogP contribution in [0.3, 0.4) is 0 Å². The Morgan fingerprint density at radius 3 is 2.46 bits per heavy atom. The predicted molar refractivity (Wildman–Crippen MR) is 103 cm³/mol. The molecule has 1 N–H and O–H groups in total. The van der Waals surface area contributed by atoms with Crippen molar-refractivity contribution in [2.45, 2.75) is 12.8 Å². The Hall–Kier alpha value is -2.09. The standard InChI is InChI=1S/C19H19FN2O2S2/c20-17-8-6-16(7-9-17)19-22-18(14-25-19)10-12-21-26(23,24)13-11-15-4-2-1-3-5-15/h1-9,14,21H,10-13H2. The van der Waals surface area contributed by atoms with Gasteiger partial charge in [0.15, 0.2) is 0 Å². The molecule has 0 aliphatic heterocycles. The smallest absolute Gasteiger partial charge is 0.211 e. The Bertz CT molecular complexity index is 939. The number of aromatic nitrogens is 1. The molecule has 136 valence electrons. The molecule has 1 aromatic heterocycles. The summed E-state index contributed by atoms with van der Waals surface area (Å²) in [6.07, 6.45) is 1.00. The lowest BCUT2D eigenvalue weighted by Crippen LogP contribution is -2.29. The molecule has 0 aliphatic rings. The average Bonchev–Trinajstić information content (AvgIpc) is 3.10. The van der Waals surface area contributed by atoms with Crippen LogP contribution in [-0.4, -0.2) is 25.7 Å². The second-order valence-corrected chi connectivity index (χ2v) is 8.63. The van der Waals surface area contributed by atoms with E-state index in [1.54, 1.807) is 12.1 Å². The topological polar surface area (TPSA) is 59.1 Å². The predicted octanol–water partition coefficient (Wildman–Crippen LogP) is 3.65. The molecule has 0 fully saturated rings. The maximum absolute atomic E-state index is 13.0. The Morgan fingerprint density at radius 1 is 1.00 bits per heavy atom. The van der Waals surface area contributed by atoms with E-state index in [1.807, 2.05) is 35.7 Å². The van der Waals surface area contributed by atoms with E-state index in [9.17, 15) is 12.8 Å². The first-order valence-electron chi connectivity index (χ1n) is 8.23. The summed E-state index contributed by atoms with van der Waals surface area (Å²) in [5, 5.41) is 2.70. The Labute approximate surface area is 156 Å². The Morgan fingerprint density at radius 2 is 1.73 bits per heavy atom. The minimum absolute atomic E-state index is 0.0644. The van der Waals surface area contributed by atoms with Crippen LogP contribution in [-0.2, 0) is 22.9 Å². The van der Waals surface area contributed by atoms with Crippen LogP contribution in [0.15, 0.2) is 60.0 Å². The lowest BCUT2D eigenvalue weighted by atomic mass is 10.2.